The van der Waals surface area contributed by atoms with E-state index in [1.165, 1.54) is 6.42 Å². The minimum absolute atomic E-state index is 0.160. The van der Waals surface area contributed by atoms with E-state index in [1.807, 2.05) is 0 Å². The van der Waals surface area contributed by atoms with Gasteiger partial charge in [0.25, 0.3) is 0 Å². The highest BCUT2D eigenvalue weighted by atomic mass is 79.9. The lowest BCUT2D eigenvalue weighted by molar-refractivity contribution is 0.281. The number of hydrogen-bond donors (Lipinski definition) is 3. The van der Waals surface area contributed by atoms with E-state index in [0.29, 0.717) is 26.7 Å². The zero-order chi connectivity index (χ0) is 18.7. The first-order valence-corrected chi connectivity index (χ1v) is 9.80. The van der Waals surface area contributed by atoms with Gasteiger partial charge in [0.1, 0.15) is 0 Å². The predicted molar refractivity (Wildman–Crippen MR) is 105 cm³/mol. The number of nitrogens with zero attached hydrogens (tertiary/aromatic N) is 2. The Morgan fingerprint density at radius 3 is 2.85 bits per heavy atom. The number of nitrogens with one attached hydrogen (secondary N) is 2. The number of aliphatic hydroxyl groups is 1. The summed E-state index contributed by atoms with van der Waals surface area (Å²) in [6, 6.07) is 3.64. The Balaban J connectivity index is 1.80. The number of hydrogen-bond acceptors (Lipinski definition) is 5. The Kier molecular flexibility index (Phi) is 6.32. The molecule has 8 heteroatoms. The molecule has 0 aliphatic heterocycles. The van der Waals surface area contributed by atoms with Gasteiger partial charge in [0.2, 0.25) is 5.95 Å². The molecule has 0 spiro atoms. The second kappa shape index (κ2) is 8.50. The van der Waals surface area contributed by atoms with Gasteiger partial charge in [-0.2, -0.15) is 4.98 Å². The molecular weight excluding hydrogens is 423 g/mol. The molecule has 0 radical (unpaired) electrons. The highest BCUT2D eigenvalue weighted by molar-refractivity contribution is 9.10. The largest absolute Gasteiger partial charge is 0.392 e. The van der Waals surface area contributed by atoms with E-state index < -0.39 is 5.82 Å². The molecule has 1 aromatic heterocycles. The van der Waals surface area contributed by atoms with Crippen molar-refractivity contribution in [1.82, 2.24) is 9.97 Å². The van der Waals surface area contributed by atoms with Crippen LogP contribution in [0.1, 0.15) is 38.2 Å². The normalized spacial score (nSPS) is 20.0. The van der Waals surface area contributed by atoms with Crippen LogP contribution in [-0.4, -0.2) is 21.1 Å². The fourth-order valence-corrected chi connectivity index (χ4v) is 3.79. The van der Waals surface area contributed by atoms with E-state index in [1.54, 1.807) is 12.1 Å². The summed E-state index contributed by atoms with van der Waals surface area (Å²) in [5.74, 6) is 0.469. The van der Waals surface area contributed by atoms with E-state index in [0.717, 1.165) is 25.5 Å². The van der Waals surface area contributed by atoms with E-state index >= 15 is 0 Å². The first kappa shape index (κ1) is 19.3. The predicted octanol–water partition coefficient (Wildman–Crippen LogP) is 5.26. The minimum Gasteiger partial charge on any atom is -0.392 e. The smallest absolute Gasteiger partial charge is 0.229 e. The highest BCUT2D eigenvalue weighted by Crippen LogP contribution is 2.32. The standard InChI is InChI=1S/C18H21BrClFN4O/c1-10-4-2-3-5-15(10)24-17-14(21)8-22-18(25-17)23-12-6-11(9-26)16(19)13(20)7-12/h6-8,10,15,26H,2-5,9H2,1H3,(H2,22,23,24,25)/t10-,15-/m0/s1. The third-order valence-corrected chi connectivity index (χ3v) is 6.17. The van der Waals surface area contributed by atoms with E-state index in [9.17, 15) is 9.50 Å². The lowest BCUT2D eigenvalue weighted by Gasteiger charge is -2.30. The van der Waals surface area contributed by atoms with Crippen molar-refractivity contribution in [1.29, 1.82) is 0 Å². The summed E-state index contributed by atoms with van der Waals surface area (Å²) in [5.41, 5.74) is 1.25. The van der Waals surface area contributed by atoms with Gasteiger partial charge < -0.3 is 15.7 Å². The summed E-state index contributed by atoms with van der Waals surface area (Å²) in [6.07, 6.45) is 5.65. The van der Waals surface area contributed by atoms with Crippen LogP contribution >= 0.6 is 27.5 Å². The van der Waals surface area contributed by atoms with Crippen LogP contribution in [0.15, 0.2) is 22.8 Å². The Morgan fingerprint density at radius 2 is 2.12 bits per heavy atom. The van der Waals surface area contributed by atoms with Gasteiger partial charge in [0.15, 0.2) is 11.6 Å². The molecule has 26 heavy (non-hydrogen) atoms. The number of halogens is 3. The topological polar surface area (TPSA) is 70.1 Å². The van der Waals surface area contributed by atoms with Crippen LogP contribution in [0.25, 0.3) is 0 Å². The lowest BCUT2D eigenvalue weighted by Crippen LogP contribution is -2.31. The maximum Gasteiger partial charge on any atom is 0.229 e. The van der Waals surface area contributed by atoms with E-state index in [2.05, 4.69) is 43.5 Å². The van der Waals surface area contributed by atoms with Crippen LogP contribution in [0.5, 0.6) is 0 Å². The molecule has 1 saturated carbocycles. The molecule has 2 atom stereocenters. The van der Waals surface area contributed by atoms with Crippen LogP contribution in [0.4, 0.5) is 21.8 Å². The summed E-state index contributed by atoms with van der Waals surface area (Å²) >= 11 is 9.49. The van der Waals surface area contributed by atoms with Crippen LogP contribution in [-0.2, 0) is 6.61 Å². The van der Waals surface area contributed by atoms with Crippen molar-refractivity contribution in [2.45, 2.75) is 45.3 Å². The molecule has 1 heterocycles. The average molecular weight is 444 g/mol. The van der Waals surface area contributed by atoms with E-state index in [4.69, 9.17) is 11.6 Å². The van der Waals surface area contributed by atoms with Crippen LogP contribution in [0.3, 0.4) is 0 Å². The molecule has 5 nitrogen and oxygen atoms in total. The zero-order valence-electron chi connectivity index (χ0n) is 14.4. The van der Waals surface area contributed by atoms with Crippen molar-refractivity contribution >= 4 is 45.0 Å². The molecule has 1 fully saturated rings. The lowest BCUT2D eigenvalue weighted by atomic mass is 9.86. The molecule has 0 bridgehead atoms. The van der Waals surface area contributed by atoms with Crippen molar-refractivity contribution in [2.24, 2.45) is 5.92 Å². The summed E-state index contributed by atoms with van der Waals surface area (Å²) < 4.78 is 14.8. The molecule has 1 aliphatic rings. The van der Waals surface area contributed by atoms with Gasteiger partial charge >= 0.3 is 0 Å². The van der Waals surface area contributed by atoms with Crippen LogP contribution in [0.2, 0.25) is 5.02 Å². The van der Waals surface area contributed by atoms with Crippen molar-refractivity contribution in [3.05, 3.63) is 39.2 Å². The Morgan fingerprint density at radius 1 is 1.35 bits per heavy atom. The fraction of sp³-hybridized carbons (Fsp3) is 0.444. The molecule has 1 aromatic carbocycles. The van der Waals surface area contributed by atoms with Crippen LogP contribution in [0, 0.1) is 11.7 Å². The highest BCUT2D eigenvalue weighted by Gasteiger charge is 2.22. The number of benzene rings is 1. The summed E-state index contributed by atoms with van der Waals surface area (Å²) in [7, 11) is 0. The second-order valence-electron chi connectivity index (χ2n) is 6.62. The molecule has 3 N–H and O–H groups in total. The first-order chi connectivity index (χ1) is 12.5. The van der Waals surface area contributed by atoms with Gasteiger partial charge in [0.05, 0.1) is 17.8 Å². The van der Waals surface area contributed by atoms with Crippen molar-refractivity contribution in [3.8, 4) is 0 Å². The Labute approximate surface area is 165 Å². The minimum atomic E-state index is -0.474. The van der Waals surface area contributed by atoms with E-state index in [-0.39, 0.29) is 24.4 Å². The number of aromatic nitrogens is 2. The molecule has 3 rings (SSSR count). The van der Waals surface area contributed by atoms with Crippen molar-refractivity contribution in [3.63, 3.8) is 0 Å². The number of anilines is 3. The molecule has 140 valence electrons. The molecule has 0 amide bonds. The summed E-state index contributed by atoms with van der Waals surface area (Å²) in [4.78, 5) is 8.28. The molecule has 2 aromatic rings. The van der Waals surface area contributed by atoms with Gasteiger partial charge in [-0.25, -0.2) is 9.37 Å². The van der Waals surface area contributed by atoms with Gasteiger partial charge in [0, 0.05) is 16.2 Å². The SMILES string of the molecule is C[C@H]1CCCC[C@@H]1Nc1nc(Nc2cc(Cl)c(Br)c(CO)c2)ncc1F. The fourth-order valence-electron chi connectivity index (χ4n) is 3.20. The quantitative estimate of drug-likeness (QED) is 0.588. The van der Waals surface area contributed by atoms with Gasteiger partial charge in [-0.1, -0.05) is 31.4 Å². The molecular formula is C18H21BrClFN4O. The maximum atomic E-state index is 14.2. The third-order valence-electron chi connectivity index (χ3n) is 4.71. The van der Waals surface area contributed by atoms with Gasteiger partial charge in [-0.05, 0) is 52.4 Å². The summed E-state index contributed by atoms with van der Waals surface area (Å²) in [5, 5.41) is 16.1. The molecule has 1 aliphatic carbocycles. The molecule has 0 unspecified atom stereocenters. The first-order valence-electron chi connectivity index (χ1n) is 8.62. The maximum absolute atomic E-state index is 14.2. The Hall–Kier alpha value is -1.44. The van der Waals surface area contributed by atoms with Gasteiger partial charge in [-0.3, -0.25) is 0 Å². The number of rotatable bonds is 5. The Bertz CT molecular complexity index is 792. The van der Waals surface area contributed by atoms with Crippen molar-refractivity contribution in [2.75, 3.05) is 10.6 Å². The average Bonchev–Trinajstić information content (AvgIpc) is 2.62. The third kappa shape index (κ3) is 4.45. The van der Waals surface area contributed by atoms with Crippen molar-refractivity contribution < 1.29 is 9.50 Å². The second-order valence-corrected chi connectivity index (χ2v) is 7.82. The number of aliphatic hydroxyl groups excluding tert-OH is 1. The summed E-state index contributed by atoms with van der Waals surface area (Å²) in [6.45, 7) is 2.02. The zero-order valence-corrected chi connectivity index (χ0v) is 16.7. The molecule has 0 saturated heterocycles. The van der Waals surface area contributed by atoms with Crippen LogP contribution < -0.4 is 10.6 Å². The van der Waals surface area contributed by atoms with Gasteiger partial charge in [-0.15, -0.1) is 0 Å². The monoisotopic (exact) mass is 442 g/mol.